The standard InChI is InChI=1S/C21H24FN3O4/c1-12-9-13(6-7-15(12)22)23-19(28)14-10-17(25-8-4-5-16(14)25)18(27)20(29)24-21(2,3)11-26/h6-7,9-10,26H,4-5,8,11H2,1-3H3,(H,23,28)(H,24,29). The van der Waals surface area contributed by atoms with E-state index < -0.39 is 23.1 Å². The Morgan fingerprint density at radius 3 is 2.62 bits per heavy atom. The molecule has 0 spiro atoms. The van der Waals surface area contributed by atoms with Gasteiger partial charge in [0, 0.05) is 17.9 Å². The molecule has 154 valence electrons. The molecule has 8 heteroatoms. The van der Waals surface area contributed by atoms with Crippen molar-refractivity contribution in [2.24, 2.45) is 0 Å². The third-order valence-corrected chi connectivity index (χ3v) is 4.95. The summed E-state index contributed by atoms with van der Waals surface area (Å²) in [4.78, 5) is 37.8. The van der Waals surface area contributed by atoms with E-state index in [-0.39, 0.29) is 18.1 Å². The highest BCUT2D eigenvalue weighted by Gasteiger charge is 2.31. The van der Waals surface area contributed by atoms with Crippen molar-refractivity contribution in [2.45, 2.75) is 45.7 Å². The molecule has 1 aromatic carbocycles. The van der Waals surface area contributed by atoms with Gasteiger partial charge in [0.15, 0.2) is 0 Å². The highest BCUT2D eigenvalue weighted by Crippen LogP contribution is 2.26. The highest BCUT2D eigenvalue weighted by atomic mass is 19.1. The summed E-state index contributed by atoms with van der Waals surface area (Å²) in [6.07, 6.45) is 1.37. The second-order valence-electron chi connectivity index (χ2n) is 7.89. The molecule has 0 atom stereocenters. The molecule has 0 unspecified atom stereocenters. The lowest BCUT2D eigenvalue weighted by atomic mass is 10.1. The summed E-state index contributed by atoms with van der Waals surface area (Å²) in [7, 11) is 0. The number of rotatable bonds is 6. The molecule has 3 N–H and O–H groups in total. The minimum Gasteiger partial charge on any atom is -0.394 e. The minimum atomic E-state index is -0.937. The fourth-order valence-corrected chi connectivity index (χ4v) is 3.34. The summed E-state index contributed by atoms with van der Waals surface area (Å²) in [5.74, 6) is -2.38. The lowest BCUT2D eigenvalue weighted by molar-refractivity contribution is -0.119. The Labute approximate surface area is 167 Å². The summed E-state index contributed by atoms with van der Waals surface area (Å²) in [5, 5.41) is 14.5. The van der Waals surface area contributed by atoms with Gasteiger partial charge in [-0.1, -0.05) is 0 Å². The van der Waals surface area contributed by atoms with Gasteiger partial charge in [-0.05, 0) is 63.4 Å². The van der Waals surface area contributed by atoms with Gasteiger partial charge in [-0.3, -0.25) is 14.4 Å². The van der Waals surface area contributed by atoms with E-state index in [1.54, 1.807) is 25.3 Å². The summed E-state index contributed by atoms with van der Waals surface area (Å²) in [6.45, 7) is 5.03. The first-order valence-electron chi connectivity index (χ1n) is 9.40. The van der Waals surface area contributed by atoms with Gasteiger partial charge in [0.05, 0.1) is 23.4 Å². The van der Waals surface area contributed by atoms with Crippen molar-refractivity contribution in [3.63, 3.8) is 0 Å². The van der Waals surface area contributed by atoms with Crippen LogP contribution in [0.2, 0.25) is 0 Å². The van der Waals surface area contributed by atoms with Crippen LogP contribution in [0.5, 0.6) is 0 Å². The van der Waals surface area contributed by atoms with Gasteiger partial charge in [-0.25, -0.2) is 4.39 Å². The van der Waals surface area contributed by atoms with Crippen molar-refractivity contribution >= 4 is 23.3 Å². The molecule has 2 amide bonds. The predicted octanol–water partition coefficient (Wildman–Crippen LogP) is 2.20. The van der Waals surface area contributed by atoms with E-state index in [4.69, 9.17) is 0 Å². The summed E-state index contributed by atoms with van der Waals surface area (Å²) in [6, 6.07) is 5.69. The van der Waals surface area contributed by atoms with Crippen molar-refractivity contribution in [2.75, 3.05) is 11.9 Å². The zero-order chi connectivity index (χ0) is 21.3. The van der Waals surface area contributed by atoms with Gasteiger partial charge in [-0.15, -0.1) is 0 Å². The van der Waals surface area contributed by atoms with Crippen LogP contribution < -0.4 is 10.6 Å². The van der Waals surface area contributed by atoms with Gasteiger partial charge >= 0.3 is 0 Å². The number of aryl methyl sites for hydroxylation is 1. The second kappa shape index (κ2) is 7.79. The van der Waals surface area contributed by atoms with Crippen LogP contribution in [0.3, 0.4) is 0 Å². The lowest BCUT2D eigenvalue weighted by Gasteiger charge is -2.22. The Bertz CT molecular complexity index is 994. The Morgan fingerprint density at radius 2 is 1.97 bits per heavy atom. The lowest BCUT2D eigenvalue weighted by Crippen LogP contribution is -2.49. The van der Waals surface area contributed by atoms with E-state index in [2.05, 4.69) is 10.6 Å². The Hall–Kier alpha value is -3.00. The van der Waals surface area contributed by atoms with Gasteiger partial charge in [-0.2, -0.15) is 0 Å². The maximum atomic E-state index is 13.4. The molecule has 3 rings (SSSR count). The fourth-order valence-electron chi connectivity index (χ4n) is 3.34. The molecule has 7 nitrogen and oxygen atoms in total. The molecule has 1 aliphatic rings. The number of aromatic nitrogens is 1. The number of hydrogen-bond donors (Lipinski definition) is 3. The molecular formula is C21H24FN3O4. The quantitative estimate of drug-likeness (QED) is 0.510. The van der Waals surface area contributed by atoms with Crippen molar-refractivity contribution in [3.05, 3.63) is 52.6 Å². The number of halogens is 1. The van der Waals surface area contributed by atoms with Gasteiger partial charge in [0.1, 0.15) is 5.82 Å². The van der Waals surface area contributed by atoms with Crippen LogP contribution in [-0.2, 0) is 17.8 Å². The molecule has 0 bridgehead atoms. The topological polar surface area (TPSA) is 100 Å². The number of benzene rings is 1. The summed E-state index contributed by atoms with van der Waals surface area (Å²) >= 11 is 0. The number of nitrogens with one attached hydrogen (secondary N) is 2. The monoisotopic (exact) mass is 401 g/mol. The molecule has 0 aliphatic carbocycles. The van der Waals surface area contributed by atoms with Crippen LogP contribution in [0.25, 0.3) is 0 Å². The van der Waals surface area contributed by atoms with E-state index in [1.807, 2.05) is 0 Å². The first kappa shape index (κ1) is 20.7. The Morgan fingerprint density at radius 1 is 1.24 bits per heavy atom. The SMILES string of the molecule is Cc1cc(NC(=O)c2cc(C(=O)C(=O)NC(C)(C)CO)n3c2CCC3)ccc1F. The van der Waals surface area contributed by atoms with Crippen LogP contribution >= 0.6 is 0 Å². The Kier molecular flexibility index (Phi) is 5.57. The number of aliphatic hydroxyl groups is 1. The molecule has 0 radical (unpaired) electrons. The summed E-state index contributed by atoms with van der Waals surface area (Å²) < 4.78 is 15.1. The Balaban J connectivity index is 1.86. The second-order valence-corrected chi connectivity index (χ2v) is 7.89. The van der Waals surface area contributed by atoms with Crippen LogP contribution in [0.4, 0.5) is 10.1 Å². The van der Waals surface area contributed by atoms with Gasteiger partial charge in [0.2, 0.25) is 0 Å². The third kappa shape index (κ3) is 4.22. The molecule has 29 heavy (non-hydrogen) atoms. The van der Waals surface area contributed by atoms with Crippen molar-refractivity contribution in [1.29, 1.82) is 0 Å². The van der Waals surface area contributed by atoms with Crippen molar-refractivity contribution in [3.8, 4) is 0 Å². The van der Waals surface area contributed by atoms with Gasteiger partial charge < -0.3 is 20.3 Å². The van der Waals surface area contributed by atoms with E-state index in [1.165, 1.54) is 24.3 Å². The summed E-state index contributed by atoms with van der Waals surface area (Å²) in [5.41, 5.74) is 1.07. The molecule has 2 aromatic rings. The number of hydrogen-bond acceptors (Lipinski definition) is 4. The van der Waals surface area contributed by atoms with E-state index >= 15 is 0 Å². The molecule has 1 aliphatic heterocycles. The average molecular weight is 401 g/mol. The number of amides is 2. The van der Waals surface area contributed by atoms with Crippen LogP contribution in [-0.4, -0.2) is 39.4 Å². The molecular weight excluding hydrogens is 377 g/mol. The van der Waals surface area contributed by atoms with Gasteiger partial charge in [0.25, 0.3) is 17.6 Å². The maximum Gasteiger partial charge on any atom is 0.294 e. The zero-order valence-corrected chi connectivity index (χ0v) is 16.6. The third-order valence-electron chi connectivity index (χ3n) is 4.95. The zero-order valence-electron chi connectivity index (χ0n) is 16.6. The maximum absolute atomic E-state index is 13.4. The number of nitrogens with zero attached hydrogens (tertiary/aromatic N) is 1. The number of ketones is 1. The molecule has 0 saturated heterocycles. The first-order chi connectivity index (χ1) is 13.6. The highest BCUT2D eigenvalue weighted by molar-refractivity contribution is 6.42. The average Bonchev–Trinajstić information content (AvgIpc) is 3.26. The number of anilines is 1. The van der Waals surface area contributed by atoms with Crippen LogP contribution in [0, 0.1) is 12.7 Å². The smallest absolute Gasteiger partial charge is 0.294 e. The fraction of sp³-hybridized carbons (Fsp3) is 0.381. The molecule has 1 aromatic heterocycles. The number of carbonyl (C=O) groups excluding carboxylic acids is 3. The van der Waals surface area contributed by atoms with Crippen LogP contribution in [0.15, 0.2) is 24.3 Å². The van der Waals surface area contributed by atoms with E-state index in [0.717, 1.165) is 6.42 Å². The van der Waals surface area contributed by atoms with E-state index in [9.17, 15) is 23.9 Å². The number of aliphatic hydroxyl groups excluding tert-OH is 1. The number of fused-ring (bicyclic) bond motifs is 1. The molecule has 0 saturated carbocycles. The number of carbonyl (C=O) groups is 3. The van der Waals surface area contributed by atoms with Crippen LogP contribution in [0.1, 0.15) is 52.4 Å². The minimum absolute atomic E-state index is 0.143. The van der Waals surface area contributed by atoms with Crippen molar-refractivity contribution in [1.82, 2.24) is 9.88 Å². The van der Waals surface area contributed by atoms with Crippen molar-refractivity contribution < 1.29 is 23.9 Å². The largest absolute Gasteiger partial charge is 0.394 e. The number of Topliss-reactive ketones (excluding diaryl/α,β-unsaturated/α-hetero) is 1. The van der Waals surface area contributed by atoms with E-state index in [0.29, 0.717) is 35.5 Å². The predicted molar refractivity (Wildman–Crippen MR) is 105 cm³/mol. The molecule has 0 fully saturated rings. The normalized spacial score (nSPS) is 13.1. The molecule has 2 heterocycles. The first-order valence-corrected chi connectivity index (χ1v) is 9.40.